The van der Waals surface area contributed by atoms with Crippen molar-refractivity contribution in [2.75, 3.05) is 11.9 Å². The lowest BCUT2D eigenvalue weighted by Crippen LogP contribution is -2.29. The summed E-state index contributed by atoms with van der Waals surface area (Å²) in [5, 5.41) is 9.68. The van der Waals surface area contributed by atoms with Gasteiger partial charge in [0.2, 0.25) is 0 Å². The Morgan fingerprint density at radius 2 is 1.87 bits per heavy atom. The minimum Gasteiger partial charge on any atom is -0.389 e. The van der Waals surface area contributed by atoms with E-state index in [1.807, 2.05) is 25.1 Å². The predicted molar refractivity (Wildman–Crippen MR) is 65.2 cm³/mol. The number of aliphatic hydroxyl groups excluding tert-OH is 1. The van der Waals surface area contributed by atoms with Crippen molar-refractivity contribution in [3.8, 4) is 0 Å². The lowest BCUT2D eigenvalue weighted by molar-refractivity contribution is 0.199. The van der Waals surface area contributed by atoms with Crippen molar-refractivity contribution in [3.63, 3.8) is 0 Å². The summed E-state index contributed by atoms with van der Waals surface area (Å²) < 4.78 is 0. The second-order valence-electron chi connectivity index (χ2n) is 4.10. The molecule has 0 spiro atoms. The minimum atomic E-state index is -0.410. The smallest absolute Gasteiger partial charge is 0.0781 e. The van der Waals surface area contributed by atoms with Crippen molar-refractivity contribution >= 4 is 5.69 Å². The Morgan fingerprint density at radius 3 is 2.40 bits per heavy atom. The van der Waals surface area contributed by atoms with E-state index in [1.54, 1.807) is 0 Å². The zero-order valence-corrected chi connectivity index (χ0v) is 10.1. The molecule has 2 atom stereocenters. The summed E-state index contributed by atoms with van der Waals surface area (Å²) in [5.41, 5.74) is 2.13. The summed E-state index contributed by atoms with van der Waals surface area (Å²) in [6.45, 7) is 6.17. The van der Waals surface area contributed by atoms with E-state index < -0.39 is 6.10 Å². The van der Waals surface area contributed by atoms with Crippen molar-refractivity contribution in [2.24, 2.45) is 0 Å². The molecule has 1 unspecified atom stereocenters. The van der Waals surface area contributed by atoms with Crippen molar-refractivity contribution in [3.05, 3.63) is 29.8 Å². The molecule has 15 heavy (non-hydrogen) atoms. The van der Waals surface area contributed by atoms with Crippen molar-refractivity contribution in [1.82, 2.24) is 0 Å². The molecule has 0 radical (unpaired) electrons. The fourth-order valence-electron chi connectivity index (χ4n) is 1.67. The lowest BCUT2D eigenvalue weighted by Gasteiger charge is -2.29. The van der Waals surface area contributed by atoms with E-state index in [1.165, 1.54) is 0 Å². The van der Waals surface area contributed by atoms with E-state index in [9.17, 15) is 5.11 Å². The summed E-state index contributed by atoms with van der Waals surface area (Å²) in [5.74, 6) is 0. The second-order valence-corrected chi connectivity index (χ2v) is 4.10. The quantitative estimate of drug-likeness (QED) is 0.820. The second kappa shape index (κ2) is 5.17. The molecule has 0 saturated heterocycles. The van der Waals surface area contributed by atoms with Gasteiger partial charge in [0.25, 0.3) is 0 Å². The molecule has 1 aromatic carbocycles. The number of anilines is 1. The Bertz CT molecular complexity index is 309. The molecule has 0 amide bonds. The highest BCUT2D eigenvalue weighted by Crippen LogP contribution is 2.26. The van der Waals surface area contributed by atoms with E-state index in [4.69, 9.17) is 0 Å². The van der Waals surface area contributed by atoms with E-state index in [0.29, 0.717) is 6.04 Å². The van der Waals surface area contributed by atoms with Crippen LogP contribution >= 0.6 is 0 Å². The van der Waals surface area contributed by atoms with Gasteiger partial charge in [-0.2, -0.15) is 0 Å². The summed E-state index contributed by atoms with van der Waals surface area (Å²) in [7, 11) is 2.08. The average Bonchev–Trinajstić information content (AvgIpc) is 2.27. The van der Waals surface area contributed by atoms with Crippen LogP contribution < -0.4 is 4.90 Å². The van der Waals surface area contributed by atoms with Crippen LogP contribution in [0.4, 0.5) is 5.69 Å². The molecule has 1 N–H and O–H groups in total. The number of rotatable bonds is 4. The Balaban J connectivity index is 3.02. The molecule has 0 aliphatic heterocycles. The fourth-order valence-corrected chi connectivity index (χ4v) is 1.67. The van der Waals surface area contributed by atoms with Gasteiger partial charge in [-0.25, -0.2) is 0 Å². The maximum atomic E-state index is 9.68. The molecule has 84 valence electrons. The highest BCUT2D eigenvalue weighted by Gasteiger charge is 2.13. The van der Waals surface area contributed by atoms with E-state index in [0.717, 1.165) is 17.7 Å². The summed E-state index contributed by atoms with van der Waals surface area (Å²) in [4.78, 5) is 2.22. The van der Waals surface area contributed by atoms with Crippen LogP contribution in [-0.4, -0.2) is 18.2 Å². The zero-order valence-electron chi connectivity index (χ0n) is 10.1. The zero-order chi connectivity index (χ0) is 11.4. The predicted octanol–water partition coefficient (Wildman–Crippen LogP) is 2.97. The molecular weight excluding hydrogens is 186 g/mol. The number of hydrogen-bond acceptors (Lipinski definition) is 2. The first kappa shape index (κ1) is 12.1. The highest BCUT2D eigenvalue weighted by molar-refractivity contribution is 5.54. The Morgan fingerprint density at radius 1 is 1.27 bits per heavy atom. The Labute approximate surface area is 92.5 Å². The van der Waals surface area contributed by atoms with E-state index in [2.05, 4.69) is 31.9 Å². The molecule has 0 aromatic heterocycles. The van der Waals surface area contributed by atoms with Crippen LogP contribution in [0.1, 0.15) is 38.9 Å². The first-order valence-electron chi connectivity index (χ1n) is 5.57. The molecule has 0 aliphatic rings. The highest BCUT2D eigenvalue weighted by atomic mass is 16.3. The first-order chi connectivity index (χ1) is 7.07. The van der Waals surface area contributed by atoms with Gasteiger partial charge in [-0.15, -0.1) is 0 Å². The lowest BCUT2D eigenvalue weighted by atomic mass is 10.1. The van der Waals surface area contributed by atoms with E-state index in [-0.39, 0.29) is 0 Å². The van der Waals surface area contributed by atoms with Crippen LogP contribution in [0.25, 0.3) is 0 Å². The molecule has 0 fully saturated rings. The first-order valence-corrected chi connectivity index (χ1v) is 5.57. The number of para-hydroxylation sites is 1. The van der Waals surface area contributed by atoms with Gasteiger partial charge < -0.3 is 10.0 Å². The monoisotopic (exact) mass is 207 g/mol. The summed E-state index contributed by atoms with van der Waals surface area (Å²) >= 11 is 0. The molecule has 0 heterocycles. The third-order valence-corrected chi connectivity index (χ3v) is 3.02. The molecule has 2 nitrogen and oxygen atoms in total. The van der Waals surface area contributed by atoms with Crippen LogP contribution in [-0.2, 0) is 0 Å². The fraction of sp³-hybridized carbons (Fsp3) is 0.538. The van der Waals surface area contributed by atoms with Gasteiger partial charge in [0.15, 0.2) is 0 Å². The third kappa shape index (κ3) is 2.72. The summed E-state index contributed by atoms with van der Waals surface area (Å²) in [6.07, 6.45) is 0.692. The average molecular weight is 207 g/mol. The largest absolute Gasteiger partial charge is 0.389 e. The normalized spacial score (nSPS) is 14.7. The van der Waals surface area contributed by atoms with Gasteiger partial charge in [-0.05, 0) is 26.3 Å². The van der Waals surface area contributed by atoms with Crippen LogP contribution in [0.5, 0.6) is 0 Å². The van der Waals surface area contributed by atoms with Gasteiger partial charge in [0.05, 0.1) is 6.10 Å². The molecule has 1 aromatic rings. The van der Waals surface area contributed by atoms with Crippen LogP contribution in [0.2, 0.25) is 0 Å². The number of nitrogens with zero attached hydrogens (tertiary/aromatic N) is 1. The van der Waals surface area contributed by atoms with E-state index >= 15 is 0 Å². The van der Waals surface area contributed by atoms with Crippen molar-refractivity contribution < 1.29 is 5.11 Å². The standard InChI is InChI=1S/C13H21NO/c1-5-10(2)14(4)13-9-7-6-8-12(13)11(3)15/h6-11,15H,5H2,1-4H3/t10?,11-/m0/s1. The van der Waals surface area contributed by atoms with Gasteiger partial charge in [0, 0.05) is 24.3 Å². The number of aliphatic hydroxyl groups is 1. The molecule has 0 saturated carbocycles. The van der Waals surface area contributed by atoms with Crippen LogP contribution in [0.15, 0.2) is 24.3 Å². The van der Waals surface area contributed by atoms with Gasteiger partial charge in [-0.3, -0.25) is 0 Å². The topological polar surface area (TPSA) is 23.5 Å². The maximum absolute atomic E-state index is 9.68. The van der Waals surface area contributed by atoms with Crippen LogP contribution in [0.3, 0.4) is 0 Å². The molecule has 1 rings (SSSR count). The Kier molecular flexibility index (Phi) is 4.15. The van der Waals surface area contributed by atoms with Gasteiger partial charge in [-0.1, -0.05) is 25.1 Å². The molecular formula is C13H21NO. The Hall–Kier alpha value is -1.02. The molecule has 0 bridgehead atoms. The van der Waals surface area contributed by atoms with Crippen molar-refractivity contribution in [2.45, 2.75) is 39.3 Å². The SMILES string of the molecule is CCC(C)N(C)c1ccccc1[C@H](C)O. The van der Waals surface area contributed by atoms with Gasteiger partial charge >= 0.3 is 0 Å². The number of benzene rings is 1. The van der Waals surface area contributed by atoms with Crippen molar-refractivity contribution in [1.29, 1.82) is 0 Å². The van der Waals surface area contributed by atoms with Gasteiger partial charge in [0.1, 0.15) is 0 Å². The molecule has 0 aliphatic carbocycles. The summed E-state index contributed by atoms with van der Waals surface area (Å²) in [6, 6.07) is 8.52. The minimum absolute atomic E-state index is 0.410. The molecule has 2 heteroatoms. The third-order valence-electron chi connectivity index (χ3n) is 3.02. The maximum Gasteiger partial charge on any atom is 0.0781 e. The van der Waals surface area contributed by atoms with Crippen LogP contribution in [0, 0.1) is 0 Å². The number of hydrogen-bond donors (Lipinski definition) is 1.